The van der Waals surface area contributed by atoms with Crippen LogP contribution >= 0.6 is 24.0 Å². The van der Waals surface area contributed by atoms with Gasteiger partial charge in [0.2, 0.25) is 0 Å². The quantitative estimate of drug-likeness (QED) is 0.302. The van der Waals surface area contributed by atoms with E-state index in [1.165, 1.54) is 16.3 Å². The zero-order valence-corrected chi connectivity index (χ0v) is 21.5. The van der Waals surface area contributed by atoms with E-state index in [0.717, 1.165) is 13.1 Å². The molecule has 0 atom stereocenters. The third-order valence-electron chi connectivity index (χ3n) is 6.08. The van der Waals surface area contributed by atoms with Crippen LogP contribution in [0.15, 0.2) is 9.70 Å². The number of hydrogen-bond donors (Lipinski definition) is 1. The van der Waals surface area contributed by atoms with Gasteiger partial charge in [-0.1, -0.05) is 24.0 Å². The second kappa shape index (κ2) is 12.0. The number of carbonyl (C=O) groups is 1. The Labute approximate surface area is 209 Å². The van der Waals surface area contributed by atoms with Crippen molar-refractivity contribution in [1.82, 2.24) is 14.4 Å². The van der Waals surface area contributed by atoms with Gasteiger partial charge in [-0.15, -0.1) is 0 Å². The molecule has 2 saturated heterocycles. The molecule has 9 nitrogen and oxygen atoms in total. The zero-order valence-electron chi connectivity index (χ0n) is 19.9. The van der Waals surface area contributed by atoms with Crippen LogP contribution in [-0.2, 0) is 16.6 Å². The van der Waals surface area contributed by atoms with Crippen LogP contribution in [0, 0.1) is 18.3 Å². The van der Waals surface area contributed by atoms with Gasteiger partial charge in [0.15, 0.2) is 0 Å². The van der Waals surface area contributed by atoms with Gasteiger partial charge in [-0.2, -0.15) is 5.26 Å². The smallest absolute Gasteiger partial charge is 0.270 e. The lowest BCUT2D eigenvalue weighted by atomic mass is 10.0. The minimum Gasteiger partial charge on any atom is -0.395 e. The van der Waals surface area contributed by atoms with Gasteiger partial charge < -0.3 is 14.7 Å². The first-order valence-electron chi connectivity index (χ1n) is 11.4. The Hall–Kier alpha value is -2.23. The van der Waals surface area contributed by atoms with Crippen molar-refractivity contribution in [2.24, 2.45) is 7.05 Å². The molecule has 3 rings (SSSR count). The molecule has 1 amide bonds. The van der Waals surface area contributed by atoms with Gasteiger partial charge in [-0.05, 0) is 31.9 Å². The molecule has 0 bridgehead atoms. The molecule has 3 heterocycles. The number of pyridine rings is 1. The second-order valence-electron chi connectivity index (χ2n) is 8.15. The molecule has 1 aromatic heterocycles. The summed E-state index contributed by atoms with van der Waals surface area (Å²) < 4.78 is 7.37. The van der Waals surface area contributed by atoms with E-state index in [9.17, 15) is 20.0 Å². The molecule has 11 heteroatoms. The van der Waals surface area contributed by atoms with Crippen molar-refractivity contribution in [2.75, 3.05) is 64.0 Å². The monoisotopic (exact) mass is 505 g/mol. The fourth-order valence-electron chi connectivity index (χ4n) is 4.21. The predicted octanol–water partition coefficient (Wildman–Crippen LogP) is 1.31. The fourth-order valence-corrected chi connectivity index (χ4v) is 5.50. The maximum absolute atomic E-state index is 13.1. The molecule has 2 aliphatic rings. The van der Waals surface area contributed by atoms with Gasteiger partial charge in [0.05, 0.1) is 11.5 Å². The van der Waals surface area contributed by atoms with Gasteiger partial charge in [0.1, 0.15) is 21.8 Å². The van der Waals surface area contributed by atoms with Crippen LogP contribution in [0.2, 0.25) is 0 Å². The molecule has 0 aliphatic carbocycles. The topological polar surface area (TPSA) is 102 Å². The Kier molecular flexibility index (Phi) is 9.27. The van der Waals surface area contributed by atoms with E-state index < -0.39 is 0 Å². The summed E-state index contributed by atoms with van der Waals surface area (Å²) in [6.45, 7) is 8.88. The summed E-state index contributed by atoms with van der Waals surface area (Å²) in [7, 11) is 1.66. The highest BCUT2D eigenvalue weighted by Gasteiger charge is 2.33. The summed E-state index contributed by atoms with van der Waals surface area (Å²) in [5.41, 5.74) is 0.959. The van der Waals surface area contributed by atoms with Crippen LogP contribution in [0.25, 0.3) is 6.08 Å². The molecule has 0 saturated carbocycles. The number of ether oxygens (including phenoxy) is 1. The number of hydrogen-bond acceptors (Lipinski definition) is 9. The lowest BCUT2D eigenvalue weighted by Gasteiger charge is -2.37. The Bertz CT molecular complexity index is 1070. The molecule has 34 heavy (non-hydrogen) atoms. The van der Waals surface area contributed by atoms with E-state index in [2.05, 4.69) is 9.80 Å². The fraction of sp³-hybridized carbons (Fsp3) is 0.565. The molecule has 1 aromatic rings. The number of anilines is 1. The Morgan fingerprint density at radius 1 is 1.24 bits per heavy atom. The zero-order chi connectivity index (χ0) is 24.8. The number of carbonyl (C=O) groups excluding carboxylic acids is 1. The lowest BCUT2D eigenvalue weighted by Crippen LogP contribution is -2.49. The summed E-state index contributed by atoms with van der Waals surface area (Å²) >= 11 is 6.69. The van der Waals surface area contributed by atoms with Gasteiger partial charge in [0, 0.05) is 65.1 Å². The Morgan fingerprint density at radius 2 is 1.94 bits per heavy atom. The number of rotatable bonds is 9. The molecule has 0 unspecified atom stereocenters. The molecular formula is C23H31N5O4S2. The highest BCUT2D eigenvalue weighted by atomic mass is 32.2. The van der Waals surface area contributed by atoms with Crippen LogP contribution < -0.4 is 10.5 Å². The van der Waals surface area contributed by atoms with Gasteiger partial charge in [0.25, 0.3) is 11.5 Å². The summed E-state index contributed by atoms with van der Waals surface area (Å²) in [5.74, 6) is 0.517. The van der Waals surface area contributed by atoms with Crippen molar-refractivity contribution in [2.45, 2.75) is 20.3 Å². The molecule has 2 fully saturated rings. The lowest BCUT2D eigenvalue weighted by molar-refractivity contribution is -0.122. The van der Waals surface area contributed by atoms with Gasteiger partial charge in [-0.25, -0.2) is 0 Å². The molecule has 2 aliphatic heterocycles. The van der Waals surface area contributed by atoms with E-state index in [1.54, 1.807) is 24.9 Å². The summed E-state index contributed by atoms with van der Waals surface area (Å²) in [5, 5.41) is 18.9. The van der Waals surface area contributed by atoms with Crippen molar-refractivity contribution in [3.8, 4) is 6.07 Å². The molecule has 0 spiro atoms. The average Bonchev–Trinajstić information content (AvgIpc) is 3.09. The normalized spacial score (nSPS) is 18.3. The van der Waals surface area contributed by atoms with E-state index in [4.69, 9.17) is 17.0 Å². The van der Waals surface area contributed by atoms with Crippen LogP contribution in [-0.4, -0.2) is 88.8 Å². The van der Waals surface area contributed by atoms with Crippen LogP contribution in [0.1, 0.15) is 30.0 Å². The summed E-state index contributed by atoms with van der Waals surface area (Å²) in [6, 6.07) is 2.03. The van der Waals surface area contributed by atoms with Crippen LogP contribution in [0.3, 0.4) is 0 Å². The van der Waals surface area contributed by atoms with Crippen LogP contribution in [0.4, 0.5) is 5.82 Å². The van der Waals surface area contributed by atoms with Gasteiger partial charge >= 0.3 is 0 Å². The van der Waals surface area contributed by atoms with Crippen molar-refractivity contribution in [1.29, 1.82) is 5.26 Å². The van der Waals surface area contributed by atoms with Crippen molar-refractivity contribution < 1.29 is 14.6 Å². The number of amides is 1. The minimum absolute atomic E-state index is 0.0728. The number of nitrogens with zero attached hydrogens (tertiary/aromatic N) is 5. The maximum Gasteiger partial charge on any atom is 0.270 e. The first kappa shape index (κ1) is 26.4. The summed E-state index contributed by atoms with van der Waals surface area (Å²) in [6.07, 6.45) is 2.46. The van der Waals surface area contributed by atoms with Crippen molar-refractivity contribution in [3.63, 3.8) is 0 Å². The maximum atomic E-state index is 13.1. The number of thioether (sulfide) groups is 1. The number of β-amino-alcohol motifs (C(OH)–C–C–N with tert-alkyl or cyclic N) is 1. The van der Waals surface area contributed by atoms with Gasteiger partial charge in [-0.3, -0.25) is 24.0 Å². The molecule has 184 valence electrons. The number of aromatic nitrogens is 1. The summed E-state index contributed by atoms with van der Waals surface area (Å²) in [4.78, 5) is 32.4. The highest BCUT2D eigenvalue weighted by Crippen LogP contribution is 2.35. The van der Waals surface area contributed by atoms with E-state index in [1.807, 2.05) is 13.0 Å². The first-order valence-corrected chi connectivity index (χ1v) is 12.6. The molecular weight excluding hydrogens is 474 g/mol. The van der Waals surface area contributed by atoms with E-state index in [0.29, 0.717) is 72.0 Å². The first-order chi connectivity index (χ1) is 16.3. The predicted molar refractivity (Wildman–Crippen MR) is 138 cm³/mol. The molecule has 1 N–H and O–H groups in total. The Balaban J connectivity index is 1.97. The number of aliphatic hydroxyl groups excluding tert-OH is 1. The molecule has 0 radical (unpaired) electrons. The van der Waals surface area contributed by atoms with Crippen LogP contribution in [0.5, 0.6) is 0 Å². The molecule has 0 aromatic carbocycles. The largest absolute Gasteiger partial charge is 0.395 e. The second-order valence-corrected chi connectivity index (χ2v) is 9.83. The van der Waals surface area contributed by atoms with Crippen molar-refractivity contribution in [3.05, 3.63) is 31.9 Å². The van der Waals surface area contributed by atoms with Crippen molar-refractivity contribution >= 4 is 46.1 Å². The number of thiocarbonyl (C=S) groups is 1. The Morgan fingerprint density at radius 3 is 2.56 bits per heavy atom. The standard InChI is InChI=1S/C23H31N5O4S2/c1-4-32-13-5-6-28-22(31)19(34-23(28)33)14-17-16(2)18(15-24)21(30)25(3)20(17)27-9-7-26(8-10-27)11-12-29/h14,29H,4-13H2,1-3H3/b19-14-. The number of piperazine rings is 1. The van der Waals surface area contributed by atoms with E-state index in [-0.39, 0.29) is 23.6 Å². The average molecular weight is 506 g/mol. The number of aliphatic hydroxyl groups is 1. The highest BCUT2D eigenvalue weighted by molar-refractivity contribution is 8.26. The third kappa shape index (κ3) is 5.53. The third-order valence-corrected chi connectivity index (χ3v) is 7.46. The van der Waals surface area contributed by atoms with E-state index >= 15 is 0 Å². The minimum atomic E-state index is -0.353. The number of nitriles is 1. The SMILES string of the molecule is CCOCCCN1C(=O)/C(=C/c2c(C)c(C#N)c(=O)n(C)c2N2CCN(CCO)CC2)SC1=S.